The van der Waals surface area contributed by atoms with Gasteiger partial charge in [0.05, 0.1) is 17.9 Å². The molecule has 1 aliphatic heterocycles. The van der Waals surface area contributed by atoms with Crippen LogP contribution >= 0.6 is 0 Å². The van der Waals surface area contributed by atoms with Crippen LogP contribution in [-0.4, -0.2) is 44.9 Å². The highest BCUT2D eigenvalue weighted by Gasteiger charge is 2.33. The van der Waals surface area contributed by atoms with E-state index in [1.54, 1.807) is 0 Å². The van der Waals surface area contributed by atoms with E-state index in [2.05, 4.69) is 15.4 Å². The molecule has 30 heavy (non-hydrogen) atoms. The topological polar surface area (TPSA) is 105 Å². The first-order valence-electron chi connectivity index (χ1n) is 9.63. The maximum atomic E-state index is 13.0. The van der Waals surface area contributed by atoms with Crippen molar-refractivity contribution in [1.29, 1.82) is 0 Å². The van der Waals surface area contributed by atoms with Crippen molar-refractivity contribution in [3.63, 3.8) is 0 Å². The van der Waals surface area contributed by atoms with Crippen molar-refractivity contribution in [2.45, 2.75) is 24.7 Å². The molecular formula is C21H25N3O5S. The number of methoxy groups -OCH3 is 1. The number of piperidine rings is 1. The number of carbonyl (C=O) groups is 2. The van der Waals surface area contributed by atoms with Gasteiger partial charge in [0.25, 0.3) is 0 Å². The maximum Gasteiger partial charge on any atom is 0.411 e. The number of benzene rings is 2. The molecule has 2 N–H and O–H groups in total. The summed E-state index contributed by atoms with van der Waals surface area (Å²) < 4.78 is 31.9. The molecule has 0 aliphatic carbocycles. The second kappa shape index (κ2) is 9.27. The van der Waals surface area contributed by atoms with Gasteiger partial charge in [-0.3, -0.25) is 10.1 Å². The Morgan fingerprint density at radius 3 is 2.43 bits per heavy atom. The number of ether oxygens (including phenoxy) is 1. The van der Waals surface area contributed by atoms with Crippen LogP contribution in [0.2, 0.25) is 0 Å². The van der Waals surface area contributed by atoms with E-state index in [-0.39, 0.29) is 17.3 Å². The van der Waals surface area contributed by atoms with Crippen molar-refractivity contribution >= 4 is 33.4 Å². The maximum absolute atomic E-state index is 13.0. The second-order valence-electron chi connectivity index (χ2n) is 7.15. The van der Waals surface area contributed by atoms with Gasteiger partial charge in [0.2, 0.25) is 15.9 Å². The smallest absolute Gasteiger partial charge is 0.411 e. The lowest BCUT2D eigenvalue weighted by atomic mass is 9.98. The number of anilines is 2. The van der Waals surface area contributed by atoms with Crippen LogP contribution in [0.4, 0.5) is 16.2 Å². The number of para-hydroxylation sites is 1. The predicted molar refractivity (Wildman–Crippen MR) is 114 cm³/mol. The molecular weight excluding hydrogens is 406 g/mol. The molecule has 2 aromatic rings. The first-order chi connectivity index (χ1) is 14.3. The molecule has 0 radical (unpaired) electrons. The first-order valence-corrected chi connectivity index (χ1v) is 11.1. The summed E-state index contributed by atoms with van der Waals surface area (Å²) >= 11 is 0. The molecule has 0 saturated carbocycles. The highest BCUT2D eigenvalue weighted by Crippen LogP contribution is 2.26. The van der Waals surface area contributed by atoms with E-state index in [1.165, 1.54) is 35.7 Å². The molecule has 2 aromatic carbocycles. The Hall–Kier alpha value is -2.91. The zero-order valence-electron chi connectivity index (χ0n) is 16.9. The number of hydrogen-bond donors (Lipinski definition) is 2. The van der Waals surface area contributed by atoms with Gasteiger partial charge >= 0.3 is 6.09 Å². The molecule has 2 amide bonds. The van der Waals surface area contributed by atoms with Gasteiger partial charge in [0.15, 0.2) is 0 Å². The number of aryl methyl sites for hydroxylation is 1. The Labute approximate surface area is 176 Å². The molecule has 1 fully saturated rings. The minimum atomic E-state index is -3.75. The number of nitrogens with one attached hydrogen (secondary N) is 2. The van der Waals surface area contributed by atoms with Gasteiger partial charge < -0.3 is 10.1 Å². The summed E-state index contributed by atoms with van der Waals surface area (Å²) in [5, 5.41) is 5.39. The van der Waals surface area contributed by atoms with Crippen molar-refractivity contribution in [2.75, 3.05) is 30.8 Å². The minimum absolute atomic E-state index is 0.109. The van der Waals surface area contributed by atoms with Crippen LogP contribution < -0.4 is 10.6 Å². The molecule has 160 valence electrons. The number of carbonyl (C=O) groups excluding carboxylic acids is 2. The average molecular weight is 432 g/mol. The molecule has 1 heterocycles. The van der Waals surface area contributed by atoms with E-state index in [0.29, 0.717) is 25.1 Å². The lowest BCUT2D eigenvalue weighted by Gasteiger charge is -2.31. The summed E-state index contributed by atoms with van der Waals surface area (Å²) in [6.45, 7) is 2.40. The Morgan fingerprint density at radius 2 is 1.77 bits per heavy atom. The fourth-order valence-corrected chi connectivity index (χ4v) is 4.87. The van der Waals surface area contributed by atoms with E-state index >= 15 is 0 Å². The van der Waals surface area contributed by atoms with E-state index in [4.69, 9.17) is 0 Å². The molecule has 1 atom stereocenters. The van der Waals surface area contributed by atoms with Gasteiger partial charge in [-0.05, 0) is 55.7 Å². The summed E-state index contributed by atoms with van der Waals surface area (Å²) in [6, 6.07) is 13.3. The van der Waals surface area contributed by atoms with Crippen LogP contribution in [0.3, 0.4) is 0 Å². The monoisotopic (exact) mass is 431 g/mol. The van der Waals surface area contributed by atoms with Crippen molar-refractivity contribution in [3.05, 3.63) is 54.1 Å². The van der Waals surface area contributed by atoms with Crippen LogP contribution in [0, 0.1) is 12.8 Å². The summed E-state index contributed by atoms with van der Waals surface area (Å²) in [6.07, 6.45) is 0.600. The molecule has 3 rings (SSSR count). The zero-order chi connectivity index (χ0) is 21.7. The Balaban J connectivity index is 1.70. The van der Waals surface area contributed by atoms with Crippen LogP contribution in [0.1, 0.15) is 18.4 Å². The molecule has 0 spiro atoms. The molecule has 9 heteroatoms. The number of amides is 2. The number of sulfonamides is 1. The Bertz CT molecular complexity index is 1020. The third kappa shape index (κ3) is 4.98. The fraction of sp³-hybridized carbons (Fsp3) is 0.333. The lowest BCUT2D eigenvalue weighted by molar-refractivity contribution is -0.120. The highest BCUT2D eigenvalue weighted by atomic mass is 32.2. The molecule has 0 unspecified atom stereocenters. The lowest BCUT2D eigenvalue weighted by Crippen LogP contribution is -2.43. The normalized spacial score (nSPS) is 17.2. The van der Waals surface area contributed by atoms with Gasteiger partial charge in [-0.1, -0.05) is 18.2 Å². The SMILES string of the molecule is COC(=O)Nc1ccc(S(=O)(=O)N2CCC[C@@H](C(=O)Nc3ccccc3C)C2)cc1. The quantitative estimate of drug-likeness (QED) is 0.756. The zero-order valence-corrected chi connectivity index (χ0v) is 17.7. The second-order valence-corrected chi connectivity index (χ2v) is 9.09. The van der Waals surface area contributed by atoms with E-state index in [1.807, 2.05) is 31.2 Å². The fourth-order valence-electron chi connectivity index (χ4n) is 3.35. The van der Waals surface area contributed by atoms with Crippen molar-refractivity contribution in [1.82, 2.24) is 4.31 Å². The molecule has 8 nitrogen and oxygen atoms in total. The van der Waals surface area contributed by atoms with Crippen LogP contribution in [0.5, 0.6) is 0 Å². The third-order valence-corrected chi connectivity index (χ3v) is 6.96. The standard InChI is InChI=1S/C21H25N3O5S/c1-15-6-3-4-8-19(15)23-20(25)16-7-5-13-24(14-16)30(27,28)18-11-9-17(10-12-18)22-21(26)29-2/h3-4,6,8-12,16H,5,7,13-14H2,1-2H3,(H,22,26)(H,23,25)/t16-/m1/s1. The van der Waals surface area contributed by atoms with E-state index in [0.717, 1.165) is 11.3 Å². The molecule has 0 bridgehead atoms. The van der Waals surface area contributed by atoms with E-state index in [9.17, 15) is 18.0 Å². The van der Waals surface area contributed by atoms with Crippen LogP contribution in [0.15, 0.2) is 53.4 Å². The number of rotatable bonds is 5. The van der Waals surface area contributed by atoms with Crippen molar-refractivity contribution in [3.8, 4) is 0 Å². The van der Waals surface area contributed by atoms with Gasteiger partial charge in [-0.25, -0.2) is 13.2 Å². The van der Waals surface area contributed by atoms with Gasteiger partial charge in [0.1, 0.15) is 0 Å². The third-order valence-electron chi connectivity index (χ3n) is 5.08. The van der Waals surface area contributed by atoms with Crippen molar-refractivity contribution < 1.29 is 22.7 Å². The largest absolute Gasteiger partial charge is 0.453 e. The van der Waals surface area contributed by atoms with Crippen LogP contribution in [-0.2, 0) is 19.6 Å². The molecule has 1 aliphatic rings. The Kier molecular flexibility index (Phi) is 6.73. The van der Waals surface area contributed by atoms with Crippen LogP contribution in [0.25, 0.3) is 0 Å². The van der Waals surface area contributed by atoms with Crippen molar-refractivity contribution in [2.24, 2.45) is 5.92 Å². The summed E-state index contributed by atoms with van der Waals surface area (Å²) in [5.41, 5.74) is 2.11. The number of hydrogen-bond acceptors (Lipinski definition) is 5. The van der Waals surface area contributed by atoms with Gasteiger partial charge in [0, 0.05) is 24.5 Å². The minimum Gasteiger partial charge on any atom is -0.453 e. The highest BCUT2D eigenvalue weighted by molar-refractivity contribution is 7.89. The first kappa shape index (κ1) is 21.8. The summed E-state index contributed by atoms with van der Waals surface area (Å²) in [5.74, 6) is -0.602. The molecule has 0 aromatic heterocycles. The van der Waals surface area contributed by atoms with Gasteiger partial charge in [-0.15, -0.1) is 0 Å². The number of nitrogens with zero attached hydrogens (tertiary/aromatic N) is 1. The predicted octanol–water partition coefficient (Wildman–Crippen LogP) is 3.21. The Morgan fingerprint density at radius 1 is 1.07 bits per heavy atom. The average Bonchev–Trinajstić information content (AvgIpc) is 2.75. The summed E-state index contributed by atoms with van der Waals surface area (Å²) in [4.78, 5) is 24.1. The van der Waals surface area contributed by atoms with Gasteiger partial charge in [-0.2, -0.15) is 4.31 Å². The summed E-state index contributed by atoms with van der Waals surface area (Å²) in [7, 11) is -2.50. The molecule has 1 saturated heterocycles. The van der Waals surface area contributed by atoms with E-state index < -0.39 is 22.0 Å².